The van der Waals surface area contributed by atoms with E-state index < -0.39 is 17.0 Å². The summed E-state index contributed by atoms with van der Waals surface area (Å²) in [6, 6.07) is 12.1. The third-order valence-electron chi connectivity index (χ3n) is 6.47. The maximum absolute atomic E-state index is 13.5. The van der Waals surface area contributed by atoms with E-state index in [9.17, 15) is 19.1 Å². The molecule has 2 aromatic carbocycles. The van der Waals surface area contributed by atoms with E-state index in [2.05, 4.69) is 4.98 Å². The number of Topliss-reactive ketones (excluding diaryl/α,β-unsaturated/α-hetero) is 1. The molecule has 10 heteroatoms. The first-order valence-electron chi connectivity index (χ1n) is 12.0. The number of methoxy groups -OCH3 is 1. The lowest BCUT2D eigenvalue weighted by molar-refractivity contribution is -0.119. The Bertz CT molecular complexity index is 1370. The molecule has 1 amide bonds. The van der Waals surface area contributed by atoms with Gasteiger partial charge in [0.05, 0.1) is 18.3 Å². The Morgan fingerprint density at radius 3 is 2.55 bits per heavy atom. The van der Waals surface area contributed by atoms with E-state index in [1.54, 1.807) is 31.2 Å². The van der Waals surface area contributed by atoms with E-state index in [1.807, 2.05) is 6.92 Å². The smallest absolute Gasteiger partial charge is 0.255 e. The van der Waals surface area contributed by atoms with Crippen molar-refractivity contribution >= 4 is 11.7 Å². The van der Waals surface area contributed by atoms with Gasteiger partial charge in [-0.3, -0.25) is 9.59 Å². The summed E-state index contributed by atoms with van der Waals surface area (Å²) >= 11 is 0. The van der Waals surface area contributed by atoms with Crippen molar-refractivity contribution in [3.63, 3.8) is 0 Å². The van der Waals surface area contributed by atoms with Gasteiger partial charge in [-0.25, -0.2) is 9.37 Å². The number of nitrogens with zero attached hydrogens (tertiary/aromatic N) is 1. The fourth-order valence-electron chi connectivity index (χ4n) is 4.22. The van der Waals surface area contributed by atoms with Crippen LogP contribution in [-0.2, 0) is 15.9 Å². The first kappa shape index (κ1) is 27.0. The number of carbonyl (C=O) groups excluding carboxylic acids is 2. The summed E-state index contributed by atoms with van der Waals surface area (Å²) in [5.41, 5.74) is 11.6. The molecule has 0 fully saturated rings. The molecule has 1 aliphatic rings. The van der Waals surface area contributed by atoms with Gasteiger partial charge in [0.2, 0.25) is 0 Å². The van der Waals surface area contributed by atoms with Gasteiger partial charge in [-0.1, -0.05) is 0 Å². The molecule has 4 rings (SSSR count). The van der Waals surface area contributed by atoms with Gasteiger partial charge in [0, 0.05) is 23.1 Å². The summed E-state index contributed by atoms with van der Waals surface area (Å²) < 4.78 is 30.0. The van der Waals surface area contributed by atoms with Crippen LogP contribution in [0.25, 0.3) is 11.3 Å². The minimum absolute atomic E-state index is 0.00131. The van der Waals surface area contributed by atoms with Crippen LogP contribution in [0, 0.1) is 5.82 Å². The highest BCUT2D eigenvalue weighted by Gasteiger charge is 2.38. The summed E-state index contributed by atoms with van der Waals surface area (Å²) in [5, 5.41) is 11.4. The highest BCUT2D eigenvalue weighted by molar-refractivity contribution is 5.96. The number of pyridine rings is 1. The van der Waals surface area contributed by atoms with Crippen molar-refractivity contribution in [1.29, 1.82) is 0 Å². The number of amides is 1. The van der Waals surface area contributed by atoms with Crippen molar-refractivity contribution in [2.45, 2.75) is 37.8 Å². The van der Waals surface area contributed by atoms with Crippen LogP contribution in [0.3, 0.4) is 0 Å². The molecular formula is C28H30FN3O6. The van der Waals surface area contributed by atoms with Crippen LogP contribution in [0.1, 0.15) is 48.3 Å². The van der Waals surface area contributed by atoms with E-state index >= 15 is 0 Å². The average Bonchev–Trinajstić information content (AvgIpc) is 3.20. The van der Waals surface area contributed by atoms with E-state index in [0.29, 0.717) is 33.8 Å². The molecule has 0 saturated carbocycles. The predicted molar refractivity (Wildman–Crippen MR) is 137 cm³/mol. The van der Waals surface area contributed by atoms with Crippen molar-refractivity contribution in [3.8, 4) is 28.5 Å². The summed E-state index contributed by atoms with van der Waals surface area (Å²) in [6.07, 6.45) is 0.0591. The standard InChI is InChI=1S/C28H30FN3O6/c1-27(31)15-38-26-19(27)13-23(32-25(26)16-4-7-18(29)8-5-16)28(2,35)11-10-20(33)17-6-9-21(22(12-17)36-3)37-14-24(30)34/h4-9,12-13,35H,10-11,14-15,31H2,1-3H3,(H2,30,34). The van der Waals surface area contributed by atoms with Crippen LogP contribution in [0.5, 0.6) is 17.2 Å². The highest BCUT2D eigenvalue weighted by atomic mass is 19.1. The molecule has 5 N–H and O–H groups in total. The van der Waals surface area contributed by atoms with Crippen LogP contribution in [0.15, 0.2) is 48.5 Å². The Morgan fingerprint density at radius 1 is 1.18 bits per heavy atom. The number of aromatic nitrogens is 1. The molecular weight excluding hydrogens is 493 g/mol. The monoisotopic (exact) mass is 523 g/mol. The topological polar surface area (TPSA) is 147 Å². The molecule has 1 aliphatic heterocycles. The van der Waals surface area contributed by atoms with Gasteiger partial charge in [0.15, 0.2) is 29.6 Å². The molecule has 2 unspecified atom stereocenters. The van der Waals surface area contributed by atoms with E-state index in [1.165, 1.54) is 31.4 Å². The van der Waals surface area contributed by atoms with Gasteiger partial charge in [0.1, 0.15) is 23.7 Å². The number of aliphatic hydroxyl groups is 1. The molecule has 38 heavy (non-hydrogen) atoms. The lowest BCUT2D eigenvalue weighted by atomic mass is 9.88. The average molecular weight is 524 g/mol. The number of primary amides is 1. The molecule has 0 bridgehead atoms. The summed E-state index contributed by atoms with van der Waals surface area (Å²) in [6.45, 7) is 3.30. The number of hydrogen-bond acceptors (Lipinski definition) is 8. The second-order valence-corrected chi connectivity index (χ2v) is 9.76. The molecule has 200 valence electrons. The summed E-state index contributed by atoms with van der Waals surface area (Å²) in [7, 11) is 1.42. The zero-order valence-corrected chi connectivity index (χ0v) is 21.4. The van der Waals surface area contributed by atoms with E-state index in [0.717, 1.165) is 0 Å². The number of fused-ring (bicyclic) bond motifs is 1. The molecule has 3 aromatic rings. The first-order chi connectivity index (χ1) is 17.9. The molecule has 1 aromatic heterocycles. The minimum Gasteiger partial charge on any atom is -0.493 e. The zero-order valence-electron chi connectivity index (χ0n) is 21.4. The van der Waals surface area contributed by atoms with Crippen LogP contribution in [0.4, 0.5) is 4.39 Å². The van der Waals surface area contributed by atoms with Crippen molar-refractivity contribution in [2.75, 3.05) is 20.3 Å². The van der Waals surface area contributed by atoms with Crippen molar-refractivity contribution < 1.29 is 33.3 Å². The predicted octanol–water partition coefficient (Wildman–Crippen LogP) is 3.20. The Labute approximate surface area is 219 Å². The van der Waals surface area contributed by atoms with Gasteiger partial charge < -0.3 is 30.8 Å². The van der Waals surface area contributed by atoms with Crippen molar-refractivity contribution in [2.24, 2.45) is 11.5 Å². The molecule has 0 aliphatic carbocycles. The molecule has 0 radical (unpaired) electrons. The van der Waals surface area contributed by atoms with Crippen LogP contribution in [0.2, 0.25) is 0 Å². The lowest BCUT2D eigenvalue weighted by Crippen LogP contribution is -2.35. The first-order valence-corrected chi connectivity index (χ1v) is 12.0. The second kappa shape index (κ2) is 10.4. The number of nitrogens with two attached hydrogens (primary N) is 2. The summed E-state index contributed by atoms with van der Waals surface area (Å²) in [5.74, 6) is -0.229. The van der Waals surface area contributed by atoms with Crippen LogP contribution < -0.4 is 25.7 Å². The number of benzene rings is 2. The second-order valence-electron chi connectivity index (χ2n) is 9.76. The fraction of sp³-hybridized carbons (Fsp3) is 0.321. The Balaban J connectivity index is 1.59. The van der Waals surface area contributed by atoms with Crippen molar-refractivity contribution in [1.82, 2.24) is 4.98 Å². The van der Waals surface area contributed by atoms with Gasteiger partial charge in [-0.05, 0) is 68.8 Å². The Hall–Kier alpha value is -4.02. The number of hydrogen-bond donors (Lipinski definition) is 3. The largest absolute Gasteiger partial charge is 0.493 e. The maximum Gasteiger partial charge on any atom is 0.255 e. The number of ether oxygens (including phenoxy) is 3. The van der Waals surface area contributed by atoms with Crippen molar-refractivity contribution in [3.05, 3.63) is 71.2 Å². The van der Waals surface area contributed by atoms with Crippen LogP contribution in [-0.4, -0.2) is 42.1 Å². The zero-order chi connectivity index (χ0) is 27.7. The number of halogens is 1. The molecule has 2 atom stereocenters. The molecule has 2 heterocycles. The summed E-state index contributed by atoms with van der Waals surface area (Å²) in [4.78, 5) is 28.7. The quantitative estimate of drug-likeness (QED) is 0.343. The van der Waals surface area contributed by atoms with E-state index in [-0.39, 0.29) is 49.2 Å². The fourth-order valence-corrected chi connectivity index (χ4v) is 4.22. The molecule has 0 saturated heterocycles. The van der Waals surface area contributed by atoms with Crippen LogP contribution >= 0.6 is 0 Å². The van der Waals surface area contributed by atoms with Gasteiger partial charge >= 0.3 is 0 Å². The van der Waals surface area contributed by atoms with Gasteiger partial charge in [-0.15, -0.1) is 0 Å². The maximum atomic E-state index is 13.5. The number of carbonyl (C=O) groups is 2. The van der Waals surface area contributed by atoms with Gasteiger partial charge in [-0.2, -0.15) is 0 Å². The number of ketones is 1. The van der Waals surface area contributed by atoms with Gasteiger partial charge in [0.25, 0.3) is 5.91 Å². The molecule has 0 spiro atoms. The third kappa shape index (κ3) is 5.61. The highest BCUT2D eigenvalue weighted by Crippen LogP contribution is 2.44. The lowest BCUT2D eigenvalue weighted by Gasteiger charge is -2.25. The Kier molecular flexibility index (Phi) is 7.39. The number of rotatable bonds is 10. The molecule has 9 nitrogen and oxygen atoms in total. The van der Waals surface area contributed by atoms with E-state index in [4.69, 9.17) is 25.7 Å². The minimum atomic E-state index is -1.49. The SMILES string of the molecule is COc1cc(C(=O)CCC(C)(O)c2cc3c(c(-c4ccc(F)cc4)n2)OCC3(C)N)ccc1OCC(N)=O. The Morgan fingerprint density at radius 2 is 1.89 bits per heavy atom. The normalized spacial score (nSPS) is 17.7. The third-order valence-corrected chi connectivity index (χ3v) is 6.47.